The molecule has 0 aromatic heterocycles. The maximum atomic E-state index is 9.23. The number of hydrogen-bond acceptors (Lipinski definition) is 4. The van der Waals surface area contributed by atoms with E-state index in [9.17, 15) is 10.5 Å². The minimum atomic E-state index is -1.36. The molecule has 78 valence electrons. The molecule has 4 heteroatoms. The van der Waals surface area contributed by atoms with E-state index >= 15 is 0 Å². The van der Waals surface area contributed by atoms with Crippen molar-refractivity contribution in [3.8, 4) is 18.2 Å². The largest absolute Gasteiger partial charge is 0.401 e. The van der Waals surface area contributed by atoms with Crippen LogP contribution < -0.4 is 5.73 Å². The van der Waals surface area contributed by atoms with Gasteiger partial charge in [0.15, 0.2) is 5.41 Å². The molecule has 2 N–H and O–H groups in total. The lowest BCUT2D eigenvalue weighted by atomic mass is 9.74. The van der Waals surface area contributed by atoms with Gasteiger partial charge in [0.1, 0.15) is 0 Å². The van der Waals surface area contributed by atoms with Crippen molar-refractivity contribution in [2.45, 2.75) is 12.8 Å². The molecule has 0 spiro atoms. The summed E-state index contributed by atoms with van der Waals surface area (Å²) in [6, 6.07) is 5.90. The van der Waals surface area contributed by atoms with Crippen LogP contribution in [0, 0.1) is 51.2 Å². The zero-order valence-electron chi connectivity index (χ0n) is 8.70. The van der Waals surface area contributed by atoms with Crippen LogP contribution >= 0.6 is 0 Å². The van der Waals surface area contributed by atoms with Gasteiger partial charge in [-0.15, -0.1) is 0 Å². The van der Waals surface area contributed by atoms with E-state index in [4.69, 9.17) is 11.0 Å². The van der Waals surface area contributed by atoms with Crippen molar-refractivity contribution in [2.75, 3.05) is 0 Å². The Balaban J connectivity index is 2.68. The molecule has 0 aliphatic heterocycles. The highest BCUT2D eigenvalue weighted by atomic mass is 14.7. The summed E-state index contributed by atoms with van der Waals surface area (Å²) < 4.78 is 0. The van der Waals surface area contributed by atoms with Gasteiger partial charge in [0.2, 0.25) is 0 Å². The first kappa shape index (κ1) is 10.3. The third kappa shape index (κ3) is 0.904. The Hall–Kier alpha value is -2.25. The molecule has 0 aromatic carbocycles. The lowest BCUT2D eigenvalue weighted by Gasteiger charge is -2.20. The molecule has 2 rings (SSSR count). The summed E-state index contributed by atoms with van der Waals surface area (Å²) in [6.45, 7) is 3.91. The molecule has 1 saturated carbocycles. The minimum absolute atomic E-state index is 0.133. The van der Waals surface area contributed by atoms with Crippen LogP contribution in [0.4, 0.5) is 0 Å². The van der Waals surface area contributed by atoms with Crippen LogP contribution in [0.1, 0.15) is 12.8 Å². The Labute approximate surface area is 93.9 Å². The van der Waals surface area contributed by atoms with Crippen LogP contribution in [0.5, 0.6) is 0 Å². The second-order valence-corrected chi connectivity index (χ2v) is 4.25. The number of allylic oxidation sites excluding steroid dienone is 2. The van der Waals surface area contributed by atoms with Crippen molar-refractivity contribution in [1.82, 2.24) is 0 Å². The van der Waals surface area contributed by atoms with Gasteiger partial charge in [0, 0.05) is 17.5 Å². The van der Waals surface area contributed by atoms with Crippen LogP contribution in [0.2, 0.25) is 0 Å². The number of nitrogens with two attached hydrogens (primary N) is 1. The second-order valence-electron chi connectivity index (χ2n) is 4.25. The van der Waals surface area contributed by atoms with Crippen molar-refractivity contribution < 1.29 is 0 Å². The van der Waals surface area contributed by atoms with Gasteiger partial charge in [-0.1, -0.05) is 12.2 Å². The van der Waals surface area contributed by atoms with Crippen LogP contribution in [0.15, 0.2) is 23.4 Å². The molecule has 0 heterocycles. The monoisotopic (exact) mass is 210 g/mol. The van der Waals surface area contributed by atoms with Gasteiger partial charge < -0.3 is 5.73 Å². The third-order valence-corrected chi connectivity index (χ3v) is 3.66. The molecule has 2 unspecified atom stereocenters. The summed E-state index contributed by atoms with van der Waals surface area (Å²) in [5, 5.41) is 27.5. The van der Waals surface area contributed by atoms with E-state index in [0.29, 0.717) is 12.1 Å². The van der Waals surface area contributed by atoms with Crippen molar-refractivity contribution in [1.29, 1.82) is 15.8 Å². The Kier molecular flexibility index (Phi) is 2.00. The maximum Gasteiger partial charge on any atom is 0.183 e. The normalized spacial score (nSPS) is 30.4. The van der Waals surface area contributed by atoms with Gasteiger partial charge in [-0.2, -0.15) is 15.8 Å². The number of rotatable bonds is 0. The molecule has 2 atom stereocenters. The summed E-state index contributed by atoms with van der Waals surface area (Å²) in [5.74, 6) is -0.349. The number of fused-ring (bicyclic) bond motifs is 1. The highest BCUT2D eigenvalue weighted by molar-refractivity contribution is 5.54. The fourth-order valence-corrected chi connectivity index (χ4v) is 2.87. The van der Waals surface area contributed by atoms with Crippen LogP contribution in [-0.2, 0) is 0 Å². The number of nitriles is 3. The Bertz CT molecular complexity index is 507. The zero-order valence-corrected chi connectivity index (χ0v) is 8.70. The molecule has 0 amide bonds. The standard InChI is InChI=1S/C12H10N4/c1-7-2-3-8-10(7)11(16)9(4-13)12(8,5-14)6-15/h8,10H,1-3,16H2. The molecular formula is C12H10N4. The molecule has 2 aliphatic carbocycles. The Morgan fingerprint density at radius 2 is 1.94 bits per heavy atom. The molecule has 0 bridgehead atoms. The summed E-state index contributed by atoms with van der Waals surface area (Å²) in [7, 11) is 0. The Morgan fingerprint density at radius 1 is 1.31 bits per heavy atom. The summed E-state index contributed by atoms with van der Waals surface area (Å²) in [5.41, 5.74) is 5.97. The second kappa shape index (κ2) is 3.12. The van der Waals surface area contributed by atoms with E-state index < -0.39 is 5.41 Å². The van der Waals surface area contributed by atoms with Gasteiger partial charge in [-0.05, 0) is 12.8 Å². The average Bonchev–Trinajstić information content (AvgIpc) is 2.77. The number of nitrogens with zero attached hydrogens (tertiary/aromatic N) is 3. The lowest BCUT2D eigenvalue weighted by Crippen LogP contribution is -2.26. The van der Waals surface area contributed by atoms with Gasteiger partial charge in [-0.3, -0.25) is 0 Å². The van der Waals surface area contributed by atoms with E-state index in [1.54, 1.807) is 0 Å². The molecule has 16 heavy (non-hydrogen) atoms. The quantitative estimate of drug-likeness (QED) is 0.610. The van der Waals surface area contributed by atoms with Crippen LogP contribution in [0.3, 0.4) is 0 Å². The first-order valence-corrected chi connectivity index (χ1v) is 5.02. The summed E-state index contributed by atoms with van der Waals surface area (Å²) >= 11 is 0. The van der Waals surface area contributed by atoms with Crippen molar-refractivity contribution in [3.05, 3.63) is 23.4 Å². The first-order chi connectivity index (χ1) is 7.62. The highest BCUT2D eigenvalue weighted by Gasteiger charge is 2.57. The third-order valence-electron chi connectivity index (χ3n) is 3.66. The smallest absolute Gasteiger partial charge is 0.183 e. The SMILES string of the molecule is C=C1CCC2C1C(N)=C(C#N)C2(C#N)C#N. The van der Waals surface area contributed by atoms with Crippen LogP contribution in [-0.4, -0.2) is 0 Å². The molecular weight excluding hydrogens is 200 g/mol. The highest BCUT2D eigenvalue weighted by Crippen LogP contribution is 2.57. The van der Waals surface area contributed by atoms with E-state index in [1.165, 1.54) is 0 Å². The summed E-state index contributed by atoms with van der Waals surface area (Å²) in [6.07, 6.45) is 1.48. The molecule has 2 aliphatic rings. The van der Waals surface area contributed by atoms with Gasteiger partial charge in [0.05, 0.1) is 23.8 Å². The van der Waals surface area contributed by atoms with Gasteiger partial charge in [0.25, 0.3) is 0 Å². The summed E-state index contributed by atoms with van der Waals surface area (Å²) in [4.78, 5) is 0. The first-order valence-electron chi connectivity index (χ1n) is 5.02. The Morgan fingerprint density at radius 3 is 2.44 bits per heavy atom. The van der Waals surface area contributed by atoms with Crippen molar-refractivity contribution >= 4 is 0 Å². The molecule has 0 saturated heterocycles. The number of hydrogen-bond donors (Lipinski definition) is 1. The predicted octanol–water partition coefficient (Wildman–Crippen LogP) is 1.35. The molecule has 1 fully saturated rings. The van der Waals surface area contributed by atoms with Gasteiger partial charge in [-0.25, -0.2) is 0 Å². The molecule has 0 aromatic rings. The van der Waals surface area contributed by atoms with Gasteiger partial charge >= 0.3 is 0 Å². The van der Waals surface area contributed by atoms with Crippen molar-refractivity contribution in [3.63, 3.8) is 0 Å². The molecule has 4 nitrogen and oxygen atoms in total. The minimum Gasteiger partial charge on any atom is -0.401 e. The maximum absolute atomic E-state index is 9.23. The molecule has 0 radical (unpaired) electrons. The average molecular weight is 210 g/mol. The zero-order chi connectivity index (χ0) is 11.9. The predicted molar refractivity (Wildman–Crippen MR) is 55.8 cm³/mol. The van der Waals surface area contributed by atoms with E-state index in [-0.39, 0.29) is 17.4 Å². The topological polar surface area (TPSA) is 97.4 Å². The van der Waals surface area contributed by atoms with Crippen LogP contribution in [0.25, 0.3) is 0 Å². The van der Waals surface area contributed by atoms with E-state index in [1.807, 2.05) is 18.2 Å². The fourth-order valence-electron chi connectivity index (χ4n) is 2.87. The van der Waals surface area contributed by atoms with E-state index in [0.717, 1.165) is 12.0 Å². The van der Waals surface area contributed by atoms with E-state index in [2.05, 4.69) is 6.58 Å². The fraction of sp³-hybridized carbons (Fsp3) is 0.417. The van der Waals surface area contributed by atoms with Crippen molar-refractivity contribution in [2.24, 2.45) is 23.0 Å². The lowest BCUT2D eigenvalue weighted by molar-refractivity contribution is 0.368.